The fraction of sp³-hybridized carbons (Fsp3) is 0.792. The molecule has 4 heteroatoms. The summed E-state index contributed by atoms with van der Waals surface area (Å²) in [6.45, 7) is 19.6. The van der Waals surface area contributed by atoms with Gasteiger partial charge in [0.25, 0.3) is 0 Å². The summed E-state index contributed by atoms with van der Waals surface area (Å²) in [5, 5.41) is 12.1. The van der Waals surface area contributed by atoms with Gasteiger partial charge in [0.05, 0.1) is 16.9 Å². The Labute approximate surface area is 173 Å². The first-order chi connectivity index (χ1) is 12.7. The van der Waals surface area contributed by atoms with Crippen molar-refractivity contribution < 1.29 is 14.7 Å². The van der Waals surface area contributed by atoms with E-state index >= 15 is 0 Å². The average Bonchev–Trinajstić information content (AvgIpc) is 2.56. The zero-order valence-corrected chi connectivity index (χ0v) is 19.5. The maximum atomic E-state index is 12.9. The fourth-order valence-corrected chi connectivity index (χ4v) is 3.94. The monoisotopic (exact) mass is 393 g/mol. The van der Waals surface area contributed by atoms with Gasteiger partial charge in [0, 0.05) is 12.3 Å². The lowest BCUT2D eigenvalue weighted by atomic mass is 9.71. The van der Waals surface area contributed by atoms with Crippen LogP contribution in [0.5, 0.6) is 0 Å². The predicted octanol–water partition coefficient (Wildman–Crippen LogP) is 6.16. The van der Waals surface area contributed by atoms with Crippen LogP contribution in [0.25, 0.3) is 0 Å². The van der Waals surface area contributed by atoms with Gasteiger partial charge in [0.1, 0.15) is 0 Å². The first kappa shape index (κ1) is 24.9. The predicted molar refractivity (Wildman–Crippen MR) is 116 cm³/mol. The Morgan fingerprint density at radius 2 is 1.68 bits per heavy atom. The third-order valence-corrected chi connectivity index (χ3v) is 6.04. The second kappa shape index (κ2) is 9.58. The normalized spacial score (nSPS) is 17.5. The molecule has 0 radical (unpaired) electrons. The number of nitrogens with zero attached hydrogens (tertiary/aromatic N) is 1. The molecule has 1 saturated carbocycles. The molecule has 0 heterocycles. The van der Waals surface area contributed by atoms with Gasteiger partial charge >= 0.3 is 0 Å². The van der Waals surface area contributed by atoms with Gasteiger partial charge in [-0.15, -0.1) is 0 Å². The highest BCUT2D eigenvalue weighted by atomic mass is 16.7. The molecule has 0 aromatic heterocycles. The molecule has 0 aromatic rings. The van der Waals surface area contributed by atoms with Crippen LogP contribution in [0.1, 0.15) is 100 Å². The number of hydrogen-bond donors (Lipinski definition) is 1. The lowest BCUT2D eigenvalue weighted by molar-refractivity contribution is -0.233. The number of hydroxylamine groups is 2. The minimum Gasteiger partial charge on any atom is -0.390 e. The molecule has 1 N–H and O–H groups in total. The van der Waals surface area contributed by atoms with E-state index in [1.54, 1.807) is 5.06 Å². The molecule has 0 atom stereocenters. The van der Waals surface area contributed by atoms with Crippen molar-refractivity contribution in [2.24, 2.45) is 11.3 Å². The van der Waals surface area contributed by atoms with Crippen molar-refractivity contribution in [2.45, 2.75) is 112 Å². The Bertz CT molecular complexity index is 575. The molecule has 0 saturated heterocycles. The van der Waals surface area contributed by atoms with Crippen molar-refractivity contribution in [3.63, 3.8) is 0 Å². The molecule has 4 nitrogen and oxygen atoms in total. The van der Waals surface area contributed by atoms with Gasteiger partial charge in [-0.25, -0.2) is 0 Å². The highest BCUT2D eigenvalue weighted by molar-refractivity contribution is 5.76. The SMILES string of the molecule is C=C(C)/C=C(/C1CCCCC1)N(OC(C)(C)CC(C)(C)C(C)(C)O)C(=O)CC. The second-order valence-electron chi connectivity index (χ2n) is 10.3. The molecular formula is C24H43NO3. The quantitative estimate of drug-likeness (QED) is 0.377. The Morgan fingerprint density at radius 1 is 1.14 bits per heavy atom. The van der Waals surface area contributed by atoms with E-state index in [4.69, 9.17) is 4.84 Å². The number of hydrogen-bond acceptors (Lipinski definition) is 3. The summed E-state index contributed by atoms with van der Waals surface area (Å²) in [5.41, 5.74) is 0.0193. The third kappa shape index (κ3) is 7.04. The molecule has 1 fully saturated rings. The van der Waals surface area contributed by atoms with Crippen molar-refractivity contribution >= 4 is 5.91 Å². The molecule has 1 amide bonds. The van der Waals surface area contributed by atoms with Crippen LogP contribution in [0.15, 0.2) is 23.9 Å². The standard InChI is InChI=1S/C24H43NO3/c1-10-21(26)25(20(16-18(2)3)19-14-12-11-13-15-19)28-23(6,7)17-22(4,5)24(8,9)27/h16,19,27H,2,10-15,17H2,1,3-9H3/b20-16-. The number of rotatable bonds is 9. The van der Waals surface area contributed by atoms with Gasteiger partial charge < -0.3 is 5.11 Å². The molecule has 1 aliphatic rings. The van der Waals surface area contributed by atoms with Gasteiger partial charge in [0.2, 0.25) is 5.91 Å². The zero-order valence-electron chi connectivity index (χ0n) is 19.5. The topological polar surface area (TPSA) is 49.8 Å². The molecule has 0 unspecified atom stereocenters. The number of allylic oxidation sites excluding steroid dienone is 3. The van der Waals surface area contributed by atoms with Crippen LogP contribution in [0.2, 0.25) is 0 Å². The Kier molecular flexibility index (Phi) is 8.52. The minimum absolute atomic E-state index is 0.0350. The average molecular weight is 394 g/mol. The summed E-state index contributed by atoms with van der Waals surface area (Å²) < 4.78 is 0. The molecule has 0 bridgehead atoms. The number of carbonyl (C=O) groups is 1. The number of aliphatic hydroxyl groups is 1. The Hall–Kier alpha value is -1.13. The van der Waals surface area contributed by atoms with Gasteiger partial charge in [-0.2, -0.15) is 5.06 Å². The summed E-state index contributed by atoms with van der Waals surface area (Å²) >= 11 is 0. The van der Waals surface area contributed by atoms with Crippen LogP contribution in [0.3, 0.4) is 0 Å². The largest absolute Gasteiger partial charge is 0.390 e. The van der Waals surface area contributed by atoms with Crippen molar-refractivity contribution in [1.29, 1.82) is 0 Å². The fourth-order valence-electron chi connectivity index (χ4n) is 3.94. The molecule has 1 rings (SSSR count). The van der Waals surface area contributed by atoms with Crippen molar-refractivity contribution in [1.82, 2.24) is 5.06 Å². The van der Waals surface area contributed by atoms with E-state index in [-0.39, 0.29) is 11.3 Å². The molecular weight excluding hydrogens is 350 g/mol. The molecule has 162 valence electrons. The maximum absolute atomic E-state index is 12.9. The van der Waals surface area contributed by atoms with Crippen molar-refractivity contribution in [2.75, 3.05) is 0 Å². The lowest BCUT2D eigenvalue weighted by Crippen LogP contribution is -2.48. The highest BCUT2D eigenvalue weighted by Crippen LogP contribution is 2.41. The van der Waals surface area contributed by atoms with Crippen molar-refractivity contribution in [3.05, 3.63) is 23.9 Å². The van der Waals surface area contributed by atoms with E-state index in [1.165, 1.54) is 19.3 Å². The summed E-state index contributed by atoms with van der Waals surface area (Å²) in [7, 11) is 0. The molecule has 0 spiro atoms. The molecule has 0 aliphatic heterocycles. The maximum Gasteiger partial charge on any atom is 0.250 e. The minimum atomic E-state index is -0.854. The third-order valence-electron chi connectivity index (χ3n) is 6.04. The molecule has 0 aromatic carbocycles. The summed E-state index contributed by atoms with van der Waals surface area (Å²) in [6.07, 6.45) is 8.78. The van der Waals surface area contributed by atoms with Gasteiger partial charge in [-0.3, -0.25) is 9.63 Å². The van der Waals surface area contributed by atoms with Crippen LogP contribution in [-0.2, 0) is 9.63 Å². The number of amides is 1. The summed E-state index contributed by atoms with van der Waals surface area (Å²) in [6, 6.07) is 0. The van der Waals surface area contributed by atoms with E-state index in [0.717, 1.165) is 24.1 Å². The first-order valence-electron chi connectivity index (χ1n) is 10.8. The Balaban J connectivity index is 3.20. The molecule has 28 heavy (non-hydrogen) atoms. The zero-order chi connectivity index (χ0) is 21.8. The smallest absolute Gasteiger partial charge is 0.250 e. The van der Waals surface area contributed by atoms with Gasteiger partial charge in [-0.1, -0.05) is 52.2 Å². The van der Waals surface area contributed by atoms with Gasteiger partial charge in [-0.05, 0) is 65.4 Å². The van der Waals surface area contributed by atoms with E-state index in [0.29, 0.717) is 18.8 Å². The van der Waals surface area contributed by atoms with Gasteiger partial charge in [0.15, 0.2) is 0 Å². The summed E-state index contributed by atoms with van der Waals surface area (Å²) in [5.74, 6) is 0.284. The van der Waals surface area contributed by atoms with E-state index in [1.807, 2.05) is 61.5 Å². The van der Waals surface area contributed by atoms with Crippen molar-refractivity contribution in [3.8, 4) is 0 Å². The number of carbonyl (C=O) groups excluding carboxylic acids is 1. The van der Waals surface area contributed by atoms with Crippen LogP contribution in [-0.4, -0.2) is 27.3 Å². The lowest BCUT2D eigenvalue weighted by Gasteiger charge is -2.44. The van der Waals surface area contributed by atoms with Crippen LogP contribution < -0.4 is 0 Å². The highest BCUT2D eigenvalue weighted by Gasteiger charge is 2.42. The first-order valence-corrected chi connectivity index (χ1v) is 10.8. The molecule has 1 aliphatic carbocycles. The van der Waals surface area contributed by atoms with E-state index in [9.17, 15) is 9.90 Å². The van der Waals surface area contributed by atoms with E-state index < -0.39 is 11.2 Å². The summed E-state index contributed by atoms with van der Waals surface area (Å²) in [4.78, 5) is 19.3. The van der Waals surface area contributed by atoms with Crippen LogP contribution in [0.4, 0.5) is 0 Å². The van der Waals surface area contributed by atoms with Crippen LogP contribution >= 0.6 is 0 Å². The Morgan fingerprint density at radius 3 is 2.11 bits per heavy atom. The second-order valence-corrected chi connectivity index (χ2v) is 10.3. The van der Waals surface area contributed by atoms with E-state index in [2.05, 4.69) is 6.58 Å². The van der Waals surface area contributed by atoms with Crippen LogP contribution in [0, 0.1) is 11.3 Å².